The highest BCUT2D eigenvalue weighted by Gasteiger charge is 2.14. The Hall–Kier alpha value is -1.13. The van der Waals surface area contributed by atoms with Crippen molar-refractivity contribution < 1.29 is 4.79 Å². The Morgan fingerprint density at radius 1 is 1.67 bits per heavy atom. The minimum Gasteiger partial charge on any atom is -0.340 e. The molecular weight excluding hydrogens is 214 g/mol. The monoisotopic (exact) mass is 227 g/mol. The first-order valence-corrected chi connectivity index (χ1v) is 5.05. The normalized spacial score (nSPS) is 10.1. The number of likely N-dealkylation sites (N-methyl/N-ethyl adjacent to an activating group) is 2. The average molecular weight is 228 g/mol. The molecule has 0 fully saturated rings. The van der Waals surface area contributed by atoms with E-state index in [1.165, 1.54) is 0 Å². The third-order valence-corrected chi connectivity index (χ3v) is 2.33. The molecule has 0 aliphatic heterocycles. The summed E-state index contributed by atoms with van der Waals surface area (Å²) in [5.41, 5.74) is 0.442. The Labute approximate surface area is 94.3 Å². The van der Waals surface area contributed by atoms with Crippen LogP contribution >= 0.6 is 11.6 Å². The smallest absolute Gasteiger partial charge is 0.256 e. The molecule has 5 heteroatoms. The van der Waals surface area contributed by atoms with Crippen LogP contribution in [0, 0.1) is 0 Å². The Kier molecular flexibility index (Phi) is 4.52. The summed E-state index contributed by atoms with van der Waals surface area (Å²) in [6.45, 7) is 1.39. The number of hydrogen-bond acceptors (Lipinski definition) is 3. The van der Waals surface area contributed by atoms with Gasteiger partial charge in [0.25, 0.3) is 5.91 Å². The quantitative estimate of drug-likeness (QED) is 0.782. The standard InChI is InChI=1S/C10H14ClN3O/c1-12-6-7-14(2)10(15)8-4-3-5-13-9(8)11/h3-5,12H,6-7H2,1-2H3. The van der Waals surface area contributed by atoms with Crippen molar-refractivity contribution in [2.24, 2.45) is 0 Å². The first-order chi connectivity index (χ1) is 7.16. The van der Waals surface area contributed by atoms with Crippen molar-refractivity contribution in [2.75, 3.05) is 27.2 Å². The molecule has 0 aliphatic carbocycles. The molecular formula is C10H14ClN3O. The second-order valence-corrected chi connectivity index (χ2v) is 3.53. The molecule has 0 radical (unpaired) electrons. The average Bonchev–Trinajstić information content (AvgIpc) is 2.25. The summed E-state index contributed by atoms with van der Waals surface area (Å²) in [5.74, 6) is -0.108. The summed E-state index contributed by atoms with van der Waals surface area (Å²) in [6.07, 6.45) is 1.56. The van der Waals surface area contributed by atoms with Crippen LogP contribution in [0.5, 0.6) is 0 Å². The summed E-state index contributed by atoms with van der Waals surface area (Å²) in [6, 6.07) is 3.37. The van der Waals surface area contributed by atoms with E-state index in [-0.39, 0.29) is 11.1 Å². The van der Waals surface area contributed by atoms with E-state index in [0.29, 0.717) is 12.1 Å². The number of nitrogens with one attached hydrogen (secondary N) is 1. The van der Waals surface area contributed by atoms with Crippen molar-refractivity contribution in [1.82, 2.24) is 15.2 Å². The van der Waals surface area contributed by atoms with Crippen molar-refractivity contribution >= 4 is 17.5 Å². The molecule has 4 nitrogen and oxygen atoms in total. The van der Waals surface area contributed by atoms with Crippen molar-refractivity contribution in [3.05, 3.63) is 29.0 Å². The summed E-state index contributed by atoms with van der Waals surface area (Å²) in [7, 11) is 3.58. The molecule has 15 heavy (non-hydrogen) atoms. The number of aromatic nitrogens is 1. The van der Waals surface area contributed by atoms with E-state index in [9.17, 15) is 4.79 Å². The fourth-order valence-corrected chi connectivity index (χ4v) is 1.33. The van der Waals surface area contributed by atoms with Gasteiger partial charge < -0.3 is 10.2 Å². The molecule has 0 unspecified atom stereocenters. The van der Waals surface area contributed by atoms with Gasteiger partial charge in [-0.3, -0.25) is 4.79 Å². The SMILES string of the molecule is CNCCN(C)C(=O)c1cccnc1Cl. The van der Waals surface area contributed by atoms with Gasteiger partial charge in [-0.05, 0) is 19.2 Å². The Morgan fingerprint density at radius 3 is 3.00 bits per heavy atom. The Balaban J connectivity index is 2.72. The second kappa shape index (κ2) is 5.68. The molecule has 82 valence electrons. The Bertz CT molecular complexity index is 343. The van der Waals surface area contributed by atoms with E-state index in [1.807, 2.05) is 7.05 Å². The number of hydrogen-bond donors (Lipinski definition) is 1. The van der Waals surface area contributed by atoms with Crippen LogP contribution in [0.4, 0.5) is 0 Å². The van der Waals surface area contributed by atoms with Crippen LogP contribution in [0.2, 0.25) is 5.15 Å². The molecule has 0 saturated carbocycles. The van der Waals surface area contributed by atoms with Gasteiger partial charge in [-0.25, -0.2) is 4.98 Å². The first-order valence-electron chi connectivity index (χ1n) is 4.67. The first kappa shape index (κ1) is 11.9. The fraction of sp³-hybridized carbons (Fsp3) is 0.400. The van der Waals surface area contributed by atoms with E-state index in [4.69, 9.17) is 11.6 Å². The molecule has 1 aromatic rings. The number of amides is 1. The van der Waals surface area contributed by atoms with Gasteiger partial charge in [-0.1, -0.05) is 11.6 Å². The zero-order valence-electron chi connectivity index (χ0n) is 8.83. The molecule has 0 aromatic carbocycles. The van der Waals surface area contributed by atoms with Gasteiger partial charge in [-0.2, -0.15) is 0 Å². The van der Waals surface area contributed by atoms with Crippen LogP contribution < -0.4 is 5.32 Å². The summed E-state index contributed by atoms with van der Waals surface area (Å²) in [4.78, 5) is 17.3. The van der Waals surface area contributed by atoms with Gasteiger partial charge >= 0.3 is 0 Å². The van der Waals surface area contributed by atoms with E-state index in [2.05, 4.69) is 10.3 Å². The zero-order valence-corrected chi connectivity index (χ0v) is 9.58. The highest BCUT2D eigenvalue weighted by atomic mass is 35.5. The largest absolute Gasteiger partial charge is 0.340 e. The lowest BCUT2D eigenvalue weighted by atomic mass is 10.2. The van der Waals surface area contributed by atoms with Gasteiger partial charge in [0, 0.05) is 26.3 Å². The van der Waals surface area contributed by atoms with Crippen molar-refractivity contribution in [2.45, 2.75) is 0 Å². The highest BCUT2D eigenvalue weighted by molar-refractivity contribution is 6.32. The molecule has 1 heterocycles. The van der Waals surface area contributed by atoms with E-state index in [0.717, 1.165) is 6.54 Å². The van der Waals surface area contributed by atoms with Gasteiger partial charge in [0.2, 0.25) is 0 Å². The van der Waals surface area contributed by atoms with Crippen LogP contribution in [0.3, 0.4) is 0 Å². The van der Waals surface area contributed by atoms with E-state index < -0.39 is 0 Å². The summed E-state index contributed by atoms with van der Waals surface area (Å²) < 4.78 is 0. The zero-order chi connectivity index (χ0) is 11.3. The lowest BCUT2D eigenvalue weighted by Gasteiger charge is -2.17. The number of carbonyl (C=O) groups excluding carboxylic acids is 1. The van der Waals surface area contributed by atoms with Crippen molar-refractivity contribution in [1.29, 1.82) is 0 Å². The highest BCUT2D eigenvalue weighted by Crippen LogP contribution is 2.13. The van der Waals surface area contributed by atoms with Crippen LogP contribution in [0.25, 0.3) is 0 Å². The summed E-state index contributed by atoms with van der Waals surface area (Å²) in [5, 5.41) is 3.23. The molecule has 1 N–H and O–H groups in total. The fourth-order valence-electron chi connectivity index (χ4n) is 1.13. The number of pyridine rings is 1. The second-order valence-electron chi connectivity index (χ2n) is 3.17. The minimum atomic E-state index is -0.108. The molecule has 0 aliphatic rings. The predicted molar refractivity (Wildman–Crippen MR) is 60.1 cm³/mol. The molecule has 1 rings (SSSR count). The van der Waals surface area contributed by atoms with Gasteiger partial charge in [0.15, 0.2) is 0 Å². The number of carbonyl (C=O) groups is 1. The lowest BCUT2D eigenvalue weighted by Crippen LogP contribution is -2.33. The van der Waals surface area contributed by atoms with Crippen molar-refractivity contribution in [3.63, 3.8) is 0 Å². The molecule has 0 atom stereocenters. The van der Waals surface area contributed by atoms with Gasteiger partial charge in [0.1, 0.15) is 5.15 Å². The molecule has 1 amide bonds. The third-order valence-electron chi connectivity index (χ3n) is 2.03. The van der Waals surface area contributed by atoms with Crippen LogP contribution in [0.15, 0.2) is 18.3 Å². The maximum Gasteiger partial charge on any atom is 0.256 e. The minimum absolute atomic E-state index is 0.108. The Morgan fingerprint density at radius 2 is 2.40 bits per heavy atom. The van der Waals surface area contributed by atoms with E-state index >= 15 is 0 Å². The maximum atomic E-state index is 11.8. The van der Waals surface area contributed by atoms with Crippen LogP contribution in [-0.2, 0) is 0 Å². The lowest BCUT2D eigenvalue weighted by molar-refractivity contribution is 0.0796. The third kappa shape index (κ3) is 3.18. The van der Waals surface area contributed by atoms with Crippen molar-refractivity contribution in [3.8, 4) is 0 Å². The molecule has 0 spiro atoms. The van der Waals surface area contributed by atoms with Crippen LogP contribution in [0.1, 0.15) is 10.4 Å². The van der Waals surface area contributed by atoms with E-state index in [1.54, 1.807) is 30.3 Å². The predicted octanol–water partition coefficient (Wildman–Crippen LogP) is 1.03. The van der Waals surface area contributed by atoms with Gasteiger partial charge in [0.05, 0.1) is 5.56 Å². The molecule has 0 bridgehead atoms. The topological polar surface area (TPSA) is 45.2 Å². The molecule has 0 saturated heterocycles. The summed E-state index contributed by atoms with van der Waals surface area (Å²) >= 11 is 5.82. The molecule has 1 aromatic heterocycles. The number of halogens is 1. The number of rotatable bonds is 4. The maximum absolute atomic E-state index is 11.8. The van der Waals surface area contributed by atoms with Crippen LogP contribution in [-0.4, -0.2) is 43.0 Å². The van der Waals surface area contributed by atoms with Gasteiger partial charge in [-0.15, -0.1) is 0 Å². The number of nitrogens with zero attached hydrogens (tertiary/aromatic N) is 2.